The molecule has 11 nitrogen and oxygen atoms in total. The van der Waals surface area contributed by atoms with Crippen molar-refractivity contribution < 1.29 is 18.7 Å². The summed E-state index contributed by atoms with van der Waals surface area (Å²) in [6.45, 7) is 5.62. The lowest BCUT2D eigenvalue weighted by Crippen LogP contribution is -2.56. The van der Waals surface area contributed by atoms with E-state index in [4.69, 9.17) is 4.74 Å². The maximum absolute atomic E-state index is 13.4. The van der Waals surface area contributed by atoms with Crippen molar-refractivity contribution in [3.63, 3.8) is 0 Å². The highest BCUT2D eigenvalue weighted by Gasteiger charge is 2.35. The Morgan fingerprint density at radius 2 is 1.90 bits per heavy atom. The molecule has 2 aromatic carbocycles. The number of anilines is 1. The van der Waals surface area contributed by atoms with E-state index in [0.29, 0.717) is 36.9 Å². The number of methoxy groups -OCH3 is 1. The van der Waals surface area contributed by atoms with E-state index in [-0.39, 0.29) is 29.9 Å². The molecule has 2 N–H and O–H groups in total. The predicted molar refractivity (Wildman–Crippen MR) is 156 cm³/mol. The van der Waals surface area contributed by atoms with Crippen LogP contribution < -0.4 is 10.6 Å². The zero-order valence-electron chi connectivity index (χ0n) is 24.4. The average molecular weight is 579 g/mol. The van der Waals surface area contributed by atoms with E-state index in [1.165, 1.54) is 19.2 Å². The highest BCUT2D eigenvalue weighted by Crippen LogP contribution is 2.26. The zero-order chi connectivity index (χ0) is 29.6. The van der Waals surface area contributed by atoms with Crippen molar-refractivity contribution >= 4 is 17.8 Å². The first-order chi connectivity index (χ1) is 20.3. The SMILES string of the molecule is COC(=O)N1CC[C@@H](NC(=O)Nc2cc(C)cc(-c3nnnn3C)c2)[C@H](CN2CCC[C@@H](Cc3ccc(F)cc3)C2)C1. The third-order valence-corrected chi connectivity index (χ3v) is 8.23. The van der Waals surface area contributed by atoms with Crippen LogP contribution in [0.3, 0.4) is 0 Å². The number of benzene rings is 2. The Balaban J connectivity index is 1.24. The van der Waals surface area contributed by atoms with Crippen molar-refractivity contribution in [1.82, 2.24) is 35.3 Å². The third-order valence-electron chi connectivity index (χ3n) is 8.23. The van der Waals surface area contributed by atoms with Crippen molar-refractivity contribution in [2.75, 3.05) is 45.2 Å². The summed E-state index contributed by atoms with van der Waals surface area (Å²) in [6.07, 6.45) is 3.39. The maximum Gasteiger partial charge on any atom is 0.409 e. The predicted octanol–water partition coefficient (Wildman–Crippen LogP) is 3.86. The molecule has 3 atom stereocenters. The lowest BCUT2D eigenvalue weighted by molar-refractivity contribution is 0.0702. The number of rotatable bonds is 7. The fraction of sp³-hybridized carbons (Fsp3) is 0.500. The first-order valence-electron chi connectivity index (χ1n) is 14.5. The number of carbonyl (C=O) groups is 2. The van der Waals surface area contributed by atoms with Gasteiger partial charge in [-0.3, -0.25) is 0 Å². The van der Waals surface area contributed by atoms with E-state index in [0.717, 1.165) is 55.6 Å². The summed E-state index contributed by atoms with van der Waals surface area (Å²) in [6, 6.07) is 12.1. The molecular formula is C30H39FN8O3. The van der Waals surface area contributed by atoms with Crippen molar-refractivity contribution in [2.45, 2.75) is 38.6 Å². The molecule has 3 aromatic rings. The third kappa shape index (κ3) is 7.41. The molecule has 2 saturated heterocycles. The van der Waals surface area contributed by atoms with Crippen LogP contribution in [-0.4, -0.2) is 88.0 Å². The van der Waals surface area contributed by atoms with Gasteiger partial charge < -0.3 is 25.2 Å². The standard InChI is InChI=1S/C30H39FN8O3/c1-20-13-23(28-34-35-36-37(28)2)16-26(14-20)32-29(40)33-27-10-12-39(30(41)42-3)19-24(27)18-38-11-4-5-22(17-38)15-21-6-8-25(31)9-7-21/h6-9,13-14,16,22,24,27H,4-5,10-12,15,17-19H2,1-3H3,(H2,32,33,40)/t22-,24+,27+/m0/s1. The molecule has 12 heteroatoms. The minimum Gasteiger partial charge on any atom is -0.453 e. The number of halogens is 1. The molecule has 3 amide bonds. The largest absolute Gasteiger partial charge is 0.453 e. The van der Waals surface area contributed by atoms with Gasteiger partial charge in [0.2, 0.25) is 0 Å². The molecule has 2 aliphatic rings. The molecule has 3 heterocycles. The molecule has 0 spiro atoms. The highest BCUT2D eigenvalue weighted by molar-refractivity contribution is 5.90. The van der Waals surface area contributed by atoms with Crippen LogP contribution in [0.2, 0.25) is 0 Å². The van der Waals surface area contributed by atoms with Crippen LogP contribution in [0.5, 0.6) is 0 Å². The number of amides is 3. The van der Waals surface area contributed by atoms with Crippen LogP contribution in [0, 0.1) is 24.6 Å². The number of hydrogen-bond acceptors (Lipinski definition) is 7. The highest BCUT2D eigenvalue weighted by atomic mass is 19.1. The molecule has 0 saturated carbocycles. The second kappa shape index (κ2) is 13.3. The maximum atomic E-state index is 13.4. The van der Waals surface area contributed by atoms with E-state index < -0.39 is 0 Å². The molecule has 2 fully saturated rings. The molecule has 5 rings (SSSR count). The van der Waals surface area contributed by atoms with Gasteiger partial charge in [0.1, 0.15) is 5.82 Å². The van der Waals surface area contributed by atoms with Crippen molar-refractivity contribution in [1.29, 1.82) is 0 Å². The number of tetrazole rings is 1. The number of carbonyl (C=O) groups excluding carboxylic acids is 2. The minimum atomic E-state index is -0.346. The van der Waals surface area contributed by atoms with Gasteiger partial charge in [0.25, 0.3) is 0 Å². The quantitative estimate of drug-likeness (QED) is 0.437. The number of piperidine rings is 2. The molecule has 1 aromatic heterocycles. The van der Waals surface area contributed by atoms with E-state index in [2.05, 4.69) is 31.1 Å². The van der Waals surface area contributed by atoms with Crippen molar-refractivity contribution in [3.05, 3.63) is 59.4 Å². The Kier molecular flexibility index (Phi) is 9.31. The Labute approximate surface area is 245 Å². The molecular weight excluding hydrogens is 539 g/mol. The number of aryl methyl sites for hydroxylation is 2. The van der Waals surface area contributed by atoms with E-state index in [9.17, 15) is 14.0 Å². The molecule has 0 radical (unpaired) electrons. The van der Waals surface area contributed by atoms with Crippen LogP contribution in [-0.2, 0) is 18.2 Å². The number of aromatic nitrogens is 4. The van der Waals surface area contributed by atoms with Crippen LogP contribution in [0.1, 0.15) is 30.4 Å². The van der Waals surface area contributed by atoms with Crippen LogP contribution in [0.25, 0.3) is 11.4 Å². The van der Waals surface area contributed by atoms with Crippen LogP contribution in [0.4, 0.5) is 19.7 Å². The van der Waals surface area contributed by atoms with Crippen molar-refractivity contribution in [2.24, 2.45) is 18.9 Å². The lowest BCUT2D eigenvalue weighted by atomic mass is 9.88. The summed E-state index contributed by atoms with van der Waals surface area (Å²) in [5, 5.41) is 17.9. The molecule has 42 heavy (non-hydrogen) atoms. The second-order valence-electron chi connectivity index (χ2n) is 11.5. The number of nitrogens with one attached hydrogen (secondary N) is 2. The summed E-state index contributed by atoms with van der Waals surface area (Å²) in [5.74, 6) is 0.895. The van der Waals surface area contributed by atoms with Gasteiger partial charge in [0, 0.05) is 56.4 Å². The van der Waals surface area contributed by atoms with Gasteiger partial charge >= 0.3 is 12.1 Å². The Hall–Kier alpha value is -4.06. The molecule has 0 bridgehead atoms. The zero-order valence-corrected chi connectivity index (χ0v) is 24.4. The lowest BCUT2D eigenvalue weighted by Gasteiger charge is -2.42. The van der Waals surface area contributed by atoms with Gasteiger partial charge in [0.05, 0.1) is 7.11 Å². The van der Waals surface area contributed by atoms with Gasteiger partial charge in [-0.25, -0.2) is 18.7 Å². The fourth-order valence-corrected chi connectivity index (χ4v) is 6.27. The normalized spacial score (nSPS) is 21.1. The van der Waals surface area contributed by atoms with Crippen LogP contribution in [0.15, 0.2) is 42.5 Å². The van der Waals surface area contributed by atoms with Gasteiger partial charge in [-0.05, 0) is 97.0 Å². The van der Waals surface area contributed by atoms with E-state index in [1.807, 2.05) is 37.3 Å². The summed E-state index contributed by atoms with van der Waals surface area (Å²) in [7, 11) is 3.17. The first kappa shape index (κ1) is 29.4. The number of nitrogens with zero attached hydrogens (tertiary/aromatic N) is 6. The smallest absolute Gasteiger partial charge is 0.409 e. The number of likely N-dealkylation sites (tertiary alicyclic amines) is 2. The Morgan fingerprint density at radius 3 is 2.64 bits per heavy atom. The van der Waals surface area contributed by atoms with Crippen molar-refractivity contribution in [3.8, 4) is 11.4 Å². The summed E-state index contributed by atoms with van der Waals surface area (Å²) in [4.78, 5) is 29.8. The first-order valence-corrected chi connectivity index (χ1v) is 14.5. The van der Waals surface area contributed by atoms with Gasteiger partial charge in [-0.15, -0.1) is 5.10 Å². The van der Waals surface area contributed by atoms with Crippen LogP contribution >= 0.6 is 0 Å². The van der Waals surface area contributed by atoms with Gasteiger partial charge in [0.15, 0.2) is 5.82 Å². The molecule has 0 unspecified atom stereocenters. The molecule has 224 valence electrons. The van der Waals surface area contributed by atoms with Gasteiger partial charge in [-0.2, -0.15) is 0 Å². The number of urea groups is 1. The molecule has 2 aliphatic heterocycles. The summed E-state index contributed by atoms with van der Waals surface area (Å²) in [5.41, 5.74) is 3.56. The fourth-order valence-electron chi connectivity index (χ4n) is 6.27. The average Bonchev–Trinajstić information content (AvgIpc) is 3.40. The minimum absolute atomic E-state index is 0.0333. The molecule has 0 aliphatic carbocycles. The Bertz CT molecular complexity index is 1380. The van der Waals surface area contributed by atoms with E-state index in [1.54, 1.807) is 16.6 Å². The second-order valence-corrected chi connectivity index (χ2v) is 11.5. The van der Waals surface area contributed by atoms with Gasteiger partial charge in [-0.1, -0.05) is 12.1 Å². The van der Waals surface area contributed by atoms with E-state index >= 15 is 0 Å². The summed E-state index contributed by atoms with van der Waals surface area (Å²) < 4.78 is 20.0. The number of ether oxygens (including phenoxy) is 1. The number of hydrogen-bond donors (Lipinski definition) is 2. The topological polar surface area (TPSA) is 118 Å². The monoisotopic (exact) mass is 578 g/mol. The Morgan fingerprint density at radius 1 is 1.10 bits per heavy atom. The summed E-state index contributed by atoms with van der Waals surface area (Å²) >= 11 is 0.